The lowest BCUT2D eigenvalue weighted by molar-refractivity contribution is 0.0774. The number of likely N-dealkylation sites (N-methyl/N-ethyl adjacent to an activating group) is 1. The molecule has 0 spiro atoms. The number of aromatic amines is 1. The Morgan fingerprint density at radius 1 is 1.22 bits per heavy atom. The molecule has 0 saturated carbocycles. The van der Waals surface area contributed by atoms with Gasteiger partial charge in [-0.3, -0.25) is 9.36 Å². The maximum absolute atomic E-state index is 12.5. The zero-order valence-electron chi connectivity index (χ0n) is 15.1. The number of halogens is 1. The van der Waals surface area contributed by atoms with Crippen molar-refractivity contribution in [3.63, 3.8) is 0 Å². The van der Waals surface area contributed by atoms with Crippen molar-refractivity contribution in [3.05, 3.63) is 81.5 Å². The number of aromatic nitrogens is 2. The van der Waals surface area contributed by atoms with Crippen LogP contribution in [0.4, 0.5) is 0 Å². The summed E-state index contributed by atoms with van der Waals surface area (Å²) in [5.74, 6) is 0.550. The van der Waals surface area contributed by atoms with E-state index in [4.69, 9.17) is 16.3 Å². The number of rotatable bonds is 6. The summed E-state index contributed by atoms with van der Waals surface area (Å²) >= 11 is 5.92. The standard InChI is InChI=1S/C20H20ClN3O3/c1-14-13-22-20(26)24(14)17-8-6-15(7-9-17)19(25)23(2)10-11-27-18-5-3-4-16(21)12-18/h3-9,12-13H,10-11H2,1-2H3,(H,22,26). The lowest BCUT2D eigenvalue weighted by Gasteiger charge is -2.18. The van der Waals surface area contributed by atoms with Crippen molar-refractivity contribution in [2.45, 2.75) is 6.92 Å². The molecule has 0 saturated heterocycles. The largest absolute Gasteiger partial charge is 0.492 e. The van der Waals surface area contributed by atoms with E-state index < -0.39 is 0 Å². The number of hydrogen-bond acceptors (Lipinski definition) is 3. The topological polar surface area (TPSA) is 67.3 Å². The highest BCUT2D eigenvalue weighted by atomic mass is 35.5. The van der Waals surface area contributed by atoms with E-state index in [9.17, 15) is 9.59 Å². The Morgan fingerprint density at radius 3 is 2.59 bits per heavy atom. The van der Waals surface area contributed by atoms with Gasteiger partial charge in [0.05, 0.1) is 12.2 Å². The summed E-state index contributed by atoms with van der Waals surface area (Å²) in [6.07, 6.45) is 1.65. The summed E-state index contributed by atoms with van der Waals surface area (Å²) in [5, 5.41) is 0.605. The molecule has 3 aromatic rings. The first kappa shape index (κ1) is 18.8. The molecule has 6 nitrogen and oxygen atoms in total. The molecular formula is C20H20ClN3O3. The first-order valence-electron chi connectivity index (χ1n) is 8.47. The summed E-state index contributed by atoms with van der Waals surface area (Å²) in [5.41, 5.74) is 1.85. The molecule has 0 aliphatic heterocycles. The summed E-state index contributed by atoms with van der Waals surface area (Å²) < 4.78 is 7.17. The number of carbonyl (C=O) groups excluding carboxylic acids is 1. The van der Waals surface area contributed by atoms with Crippen LogP contribution in [0.5, 0.6) is 5.75 Å². The number of benzene rings is 2. The molecule has 0 radical (unpaired) electrons. The molecule has 140 valence electrons. The van der Waals surface area contributed by atoms with Gasteiger partial charge in [0, 0.05) is 29.5 Å². The van der Waals surface area contributed by atoms with Crippen molar-refractivity contribution in [3.8, 4) is 11.4 Å². The maximum Gasteiger partial charge on any atom is 0.330 e. The van der Waals surface area contributed by atoms with Gasteiger partial charge in [0.1, 0.15) is 12.4 Å². The molecule has 0 aliphatic carbocycles. The van der Waals surface area contributed by atoms with Crippen LogP contribution in [0.1, 0.15) is 16.1 Å². The third-order valence-corrected chi connectivity index (χ3v) is 4.41. The second kappa shape index (κ2) is 8.14. The fourth-order valence-electron chi connectivity index (χ4n) is 2.71. The number of imidazole rings is 1. The molecule has 0 aliphatic rings. The molecule has 0 atom stereocenters. The summed E-state index contributed by atoms with van der Waals surface area (Å²) in [7, 11) is 1.72. The van der Waals surface area contributed by atoms with E-state index in [0.29, 0.717) is 35.2 Å². The summed E-state index contributed by atoms with van der Waals surface area (Å²) in [6.45, 7) is 2.63. The Labute approximate surface area is 162 Å². The van der Waals surface area contributed by atoms with Crippen LogP contribution in [0, 0.1) is 6.92 Å². The van der Waals surface area contributed by atoms with Gasteiger partial charge in [0.2, 0.25) is 0 Å². The number of aryl methyl sites for hydroxylation is 1. The first-order valence-corrected chi connectivity index (χ1v) is 8.85. The minimum absolute atomic E-state index is 0.116. The number of H-pyrrole nitrogens is 1. The number of ether oxygens (including phenoxy) is 1. The zero-order chi connectivity index (χ0) is 19.4. The Hall–Kier alpha value is -2.99. The lowest BCUT2D eigenvalue weighted by atomic mass is 10.2. The highest BCUT2D eigenvalue weighted by molar-refractivity contribution is 6.30. The Kier molecular flexibility index (Phi) is 5.66. The number of nitrogens with zero attached hydrogens (tertiary/aromatic N) is 2. The van der Waals surface area contributed by atoms with Crippen molar-refractivity contribution in [1.29, 1.82) is 0 Å². The Balaban J connectivity index is 1.60. The van der Waals surface area contributed by atoms with Crippen LogP contribution in [0.15, 0.2) is 59.5 Å². The number of amides is 1. The van der Waals surface area contributed by atoms with Gasteiger partial charge >= 0.3 is 5.69 Å². The van der Waals surface area contributed by atoms with Crippen LogP contribution in [0.25, 0.3) is 5.69 Å². The molecule has 1 N–H and O–H groups in total. The Bertz CT molecular complexity index is 992. The van der Waals surface area contributed by atoms with Crippen LogP contribution in [-0.4, -0.2) is 40.6 Å². The van der Waals surface area contributed by atoms with Crippen molar-refractivity contribution < 1.29 is 9.53 Å². The van der Waals surface area contributed by atoms with E-state index in [2.05, 4.69) is 4.98 Å². The summed E-state index contributed by atoms with van der Waals surface area (Å²) in [4.78, 5) is 28.6. The molecule has 0 bridgehead atoms. The van der Waals surface area contributed by atoms with Crippen LogP contribution in [-0.2, 0) is 0 Å². The van der Waals surface area contributed by atoms with E-state index >= 15 is 0 Å². The van der Waals surface area contributed by atoms with Gasteiger partial charge < -0.3 is 14.6 Å². The Morgan fingerprint density at radius 2 is 1.96 bits per heavy atom. The average Bonchev–Trinajstić information content (AvgIpc) is 2.99. The van der Waals surface area contributed by atoms with Crippen LogP contribution < -0.4 is 10.4 Å². The van der Waals surface area contributed by atoms with Gasteiger partial charge in [-0.15, -0.1) is 0 Å². The zero-order valence-corrected chi connectivity index (χ0v) is 15.9. The van der Waals surface area contributed by atoms with Crippen molar-refractivity contribution in [2.75, 3.05) is 20.2 Å². The SMILES string of the molecule is Cc1c[nH]c(=O)n1-c1ccc(C(=O)N(C)CCOc2cccc(Cl)c2)cc1. The fourth-order valence-corrected chi connectivity index (χ4v) is 2.89. The van der Waals surface area contributed by atoms with Crippen LogP contribution in [0.2, 0.25) is 5.02 Å². The first-order chi connectivity index (χ1) is 13.0. The summed E-state index contributed by atoms with van der Waals surface area (Å²) in [6, 6.07) is 14.1. The third-order valence-electron chi connectivity index (χ3n) is 4.17. The van der Waals surface area contributed by atoms with Gasteiger partial charge in [-0.25, -0.2) is 4.79 Å². The van der Waals surface area contributed by atoms with Crippen molar-refractivity contribution in [1.82, 2.24) is 14.5 Å². The molecule has 0 fully saturated rings. The van der Waals surface area contributed by atoms with Gasteiger partial charge in [-0.05, 0) is 49.4 Å². The quantitative estimate of drug-likeness (QED) is 0.708. The lowest BCUT2D eigenvalue weighted by Crippen LogP contribution is -2.30. The predicted molar refractivity (Wildman–Crippen MR) is 105 cm³/mol. The van der Waals surface area contributed by atoms with Gasteiger partial charge in [0.25, 0.3) is 5.91 Å². The molecule has 1 aromatic heterocycles. The highest BCUT2D eigenvalue weighted by Crippen LogP contribution is 2.17. The van der Waals surface area contributed by atoms with Crippen LogP contribution in [0.3, 0.4) is 0 Å². The second-order valence-electron chi connectivity index (χ2n) is 6.15. The monoisotopic (exact) mass is 385 g/mol. The van der Waals surface area contributed by atoms with Crippen molar-refractivity contribution >= 4 is 17.5 Å². The van der Waals surface area contributed by atoms with E-state index in [0.717, 1.165) is 5.69 Å². The second-order valence-corrected chi connectivity index (χ2v) is 6.59. The van der Waals surface area contributed by atoms with Crippen LogP contribution >= 0.6 is 11.6 Å². The normalized spacial score (nSPS) is 10.6. The molecular weight excluding hydrogens is 366 g/mol. The number of nitrogens with one attached hydrogen (secondary N) is 1. The molecule has 2 aromatic carbocycles. The maximum atomic E-state index is 12.5. The van der Waals surface area contributed by atoms with Gasteiger partial charge in [0.15, 0.2) is 0 Å². The van der Waals surface area contributed by atoms with Crippen molar-refractivity contribution in [2.24, 2.45) is 0 Å². The van der Waals surface area contributed by atoms with E-state index in [1.54, 1.807) is 59.1 Å². The minimum atomic E-state index is -0.207. The minimum Gasteiger partial charge on any atom is -0.492 e. The van der Waals surface area contributed by atoms with Gasteiger partial charge in [-0.2, -0.15) is 0 Å². The van der Waals surface area contributed by atoms with E-state index in [1.165, 1.54) is 0 Å². The smallest absolute Gasteiger partial charge is 0.330 e. The molecule has 7 heteroatoms. The number of hydrogen-bond donors (Lipinski definition) is 1. The molecule has 27 heavy (non-hydrogen) atoms. The number of carbonyl (C=O) groups is 1. The molecule has 3 rings (SSSR count). The highest BCUT2D eigenvalue weighted by Gasteiger charge is 2.12. The molecule has 0 unspecified atom stereocenters. The molecule has 1 heterocycles. The molecule has 1 amide bonds. The average molecular weight is 386 g/mol. The van der Waals surface area contributed by atoms with E-state index in [-0.39, 0.29) is 11.6 Å². The van der Waals surface area contributed by atoms with E-state index in [1.807, 2.05) is 19.1 Å². The third kappa shape index (κ3) is 4.41. The predicted octanol–water partition coefficient (Wildman–Crippen LogP) is 3.28. The fraction of sp³-hybridized carbons (Fsp3) is 0.200. The van der Waals surface area contributed by atoms with Gasteiger partial charge in [-0.1, -0.05) is 17.7 Å².